The van der Waals surface area contributed by atoms with Crippen molar-refractivity contribution < 1.29 is 9.53 Å². The Hall–Kier alpha value is -3.52. The first-order chi connectivity index (χ1) is 15.5. The quantitative estimate of drug-likeness (QED) is 0.425. The number of unbranched alkanes of at least 4 members (excludes halogenated alkanes) is 1. The van der Waals surface area contributed by atoms with Crippen molar-refractivity contribution in [1.82, 2.24) is 14.6 Å². The molecular weight excluding hydrogens is 424 g/mol. The van der Waals surface area contributed by atoms with Gasteiger partial charge in [-0.25, -0.2) is 4.98 Å². The fraction of sp³-hybridized carbons (Fsp3) is 0.250. The molecule has 2 aromatic carbocycles. The van der Waals surface area contributed by atoms with Gasteiger partial charge in [0, 0.05) is 29.8 Å². The summed E-state index contributed by atoms with van der Waals surface area (Å²) in [4.78, 5) is 30.0. The lowest BCUT2D eigenvalue weighted by Crippen LogP contribution is -2.16. The minimum Gasteiger partial charge on any atom is -0.487 e. The van der Waals surface area contributed by atoms with Crippen molar-refractivity contribution in [1.29, 1.82) is 0 Å². The summed E-state index contributed by atoms with van der Waals surface area (Å²) in [5.41, 5.74) is 2.56. The third-order valence-corrected chi connectivity index (χ3v) is 5.81. The van der Waals surface area contributed by atoms with Crippen LogP contribution in [0.4, 0.5) is 5.69 Å². The molecule has 1 amide bonds. The second-order valence-corrected chi connectivity index (χ2v) is 8.56. The number of carbonyl (C=O) groups excluding carboxylic acids is 1. The Morgan fingerprint density at radius 3 is 2.81 bits per heavy atom. The summed E-state index contributed by atoms with van der Waals surface area (Å²) in [7, 11) is 0. The lowest BCUT2D eigenvalue weighted by atomic mass is 10.1. The van der Waals surface area contributed by atoms with Gasteiger partial charge in [0.1, 0.15) is 17.4 Å². The van der Waals surface area contributed by atoms with Crippen LogP contribution in [-0.2, 0) is 13.0 Å². The van der Waals surface area contributed by atoms with Crippen molar-refractivity contribution >= 4 is 27.9 Å². The zero-order chi connectivity index (χ0) is 22.5. The molecule has 0 bridgehead atoms. The minimum absolute atomic E-state index is 0.142. The van der Waals surface area contributed by atoms with Crippen LogP contribution in [0.2, 0.25) is 0 Å². The monoisotopic (exact) mass is 448 g/mol. The Morgan fingerprint density at radius 2 is 2.00 bits per heavy atom. The number of fused-ring (bicyclic) bond motifs is 1. The molecule has 0 saturated carbocycles. The molecule has 164 valence electrons. The van der Waals surface area contributed by atoms with Crippen molar-refractivity contribution in [3.05, 3.63) is 86.8 Å². The average molecular weight is 449 g/mol. The molecule has 0 unspecified atom stereocenters. The summed E-state index contributed by atoms with van der Waals surface area (Å²) >= 11 is 1.43. The molecule has 2 heterocycles. The third-order valence-electron chi connectivity index (χ3n) is 4.84. The molecule has 4 aromatic rings. The summed E-state index contributed by atoms with van der Waals surface area (Å²) in [5.74, 6) is 0.386. The van der Waals surface area contributed by atoms with E-state index in [4.69, 9.17) is 4.74 Å². The fourth-order valence-corrected chi connectivity index (χ4v) is 4.17. The Kier molecular flexibility index (Phi) is 6.61. The van der Waals surface area contributed by atoms with E-state index in [1.165, 1.54) is 21.9 Å². The number of carbonyl (C=O) groups is 1. The van der Waals surface area contributed by atoms with Crippen molar-refractivity contribution in [3.63, 3.8) is 0 Å². The van der Waals surface area contributed by atoms with Crippen molar-refractivity contribution in [2.75, 3.05) is 5.32 Å². The van der Waals surface area contributed by atoms with Crippen LogP contribution in [0.15, 0.2) is 59.4 Å². The molecule has 1 N–H and O–H groups in total. The van der Waals surface area contributed by atoms with Gasteiger partial charge < -0.3 is 10.1 Å². The second kappa shape index (κ2) is 9.74. The molecule has 4 rings (SSSR count). The number of benzene rings is 2. The molecule has 32 heavy (non-hydrogen) atoms. The van der Waals surface area contributed by atoms with Gasteiger partial charge in [-0.2, -0.15) is 9.61 Å². The fourth-order valence-electron chi connectivity index (χ4n) is 3.21. The maximum absolute atomic E-state index is 12.5. The van der Waals surface area contributed by atoms with Crippen molar-refractivity contribution in [2.45, 2.75) is 39.7 Å². The SMILES string of the molecule is CCCCc1nn2c(=O)cc(COc3cccc(NC(=O)c4cccc(C)c4)c3)nc2s1. The number of nitrogens with one attached hydrogen (secondary N) is 1. The number of ether oxygens (including phenoxy) is 1. The lowest BCUT2D eigenvalue weighted by molar-refractivity contribution is 0.102. The third kappa shape index (κ3) is 5.20. The maximum Gasteiger partial charge on any atom is 0.275 e. The van der Waals surface area contributed by atoms with Gasteiger partial charge in [0.2, 0.25) is 4.96 Å². The van der Waals surface area contributed by atoms with Gasteiger partial charge in [-0.3, -0.25) is 9.59 Å². The van der Waals surface area contributed by atoms with Crippen LogP contribution in [0.25, 0.3) is 4.96 Å². The number of anilines is 1. The molecule has 2 aromatic heterocycles. The Morgan fingerprint density at radius 1 is 1.16 bits per heavy atom. The lowest BCUT2D eigenvalue weighted by Gasteiger charge is -2.09. The van der Waals surface area contributed by atoms with E-state index in [0.29, 0.717) is 27.7 Å². The van der Waals surface area contributed by atoms with Crippen LogP contribution in [0.5, 0.6) is 5.75 Å². The molecular formula is C24H24N4O3S. The highest BCUT2D eigenvalue weighted by Gasteiger charge is 2.10. The normalized spacial score (nSPS) is 10.9. The number of aryl methyl sites for hydroxylation is 2. The van der Waals surface area contributed by atoms with Crippen LogP contribution >= 0.6 is 11.3 Å². The van der Waals surface area contributed by atoms with E-state index in [1.807, 2.05) is 25.1 Å². The molecule has 0 fully saturated rings. The zero-order valence-electron chi connectivity index (χ0n) is 18.0. The standard InChI is InChI=1S/C24H24N4O3S/c1-3-4-11-21-27-28-22(29)14-19(26-24(28)32-21)15-31-20-10-6-9-18(13-20)25-23(30)17-8-5-7-16(2)12-17/h5-10,12-14H,3-4,11,15H2,1-2H3,(H,25,30). The Balaban J connectivity index is 1.44. The highest BCUT2D eigenvalue weighted by atomic mass is 32.1. The molecule has 8 heteroatoms. The highest BCUT2D eigenvalue weighted by molar-refractivity contribution is 7.16. The van der Waals surface area contributed by atoms with Crippen molar-refractivity contribution in [2.24, 2.45) is 0 Å². The molecule has 0 aliphatic heterocycles. The second-order valence-electron chi connectivity index (χ2n) is 7.52. The van der Waals surface area contributed by atoms with E-state index >= 15 is 0 Å². The van der Waals surface area contributed by atoms with Gasteiger partial charge in [-0.05, 0) is 37.6 Å². The zero-order valence-corrected chi connectivity index (χ0v) is 18.8. The largest absolute Gasteiger partial charge is 0.487 e. The predicted molar refractivity (Wildman–Crippen MR) is 126 cm³/mol. The number of hydrogen-bond acceptors (Lipinski definition) is 6. The number of nitrogens with zero attached hydrogens (tertiary/aromatic N) is 3. The number of aromatic nitrogens is 3. The summed E-state index contributed by atoms with van der Waals surface area (Å²) < 4.78 is 7.18. The molecule has 0 aliphatic carbocycles. The van der Waals surface area contributed by atoms with Gasteiger partial charge in [-0.1, -0.05) is 48.4 Å². The van der Waals surface area contributed by atoms with Crippen LogP contribution in [-0.4, -0.2) is 20.5 Å². The maximum atomic E-state index is 12.5. The Labute approximate surface area is 189 Å². The molecule has 0 spiro atoms. The summed E-state index contributed by atoms with van der Waals surface area (Å²) in [5, 5.41) is 8.15. The Bertz CT molecular complexity index is 1310. The average Bonchev–Trinajstić information content (AvgIpc) is 3.20. The van der Waals surface area contributed by atoms with Crippen molar-refractivity contribution in [3.8, 4) is 5.75 Å². The first-order valence-corrected chi connectivity index (χ1v) is 11.3. The molecule has 0 radical (unpaired) electrons. The van der Waals surface area contributed by atoms with Crippen LogP contribution in [0.1, 0.15) is 46.4 Å². The minimum atomic E-state index is -0.216. The molecule has 0 aliphatic rings. The van der Waals surface area contributed by atoms with Gasteiger partial charge in [-0.15, -0.1) is 0 Å². The molecule has 0 atom stereocenters. The van der Waals surface area contributed by atoms with Crippen LogP contribution in [0.3, 0.4) is 0 Å². The first kappa shape index (κ1) is 21.7. The summed E-state index contributed by atoms with van der Waals surface area (Å²) in [6, 6.07) is 16.0. The van der Waals surface area contributed by atoms with Crippen LogP contribution < -0.4 is 15.6 Å². The number of amides is 1. The van der Waals surface area contributed by atoms with Gasteiger partial charge in [0.15, 0.2) is 0 Å². The predicted octanol–water partition coefficient (Wildman–Crippen LogP) is 4.63. The molecule has 7 nitrogen and oxygen atoms in total. The summed E-state index contributed by atoms with van der Waals surface area (Å²) in [6.07, 6.45) is 2.94. The highest BCUT2D eigenvalue weighted by Crippen LogP contribution is 2.20. The van der Waals surface area contributed by atoms with E-state index in [9.17, 15) is 9.59 Å². The van der Waals surface area contributed by atoms with E-state index in [2.05, 4.69) is 22.3 Å². The van der Waals surface area contributed by atoms with E-state index in [1.54, 1.807) is 30.3 Å². The van der Waals surface area contributed by atoms with E-state index < -0.39 is 0 Å². The number of rotatable bonds is 8. The topological polar surface area (TPSA) is 85.6 Å². The number of hydrogen-bond donors (Lipinski definition) is 1. The summed E-state index contributed by atoms with van der Waals surface area (Å²) in [6.45, 7) is 4.21. The van der Waals surface area contributed by atoms with Gasteiger partial charge in [0.05, 0.1) is 5.69 Å². The first-order valence-electron chi connectivity index (χ1n) is 10.5. The smallest absolute Gasteiger partial charge is 0.275 e. The van der Waals surface area contributed by atoms with E-state index in [-0.39, 0.29) is 18.1 Å². The molecule has 0 saturated heterocycles. The van der Waals surface area contributed by atoms with Crippen LogP contribution in [0, 0.1) is 6.92 Å². The van der Waals surface area contributed by atoms with Gasteiger partial charge >= 0.3 is 0 Å². The van der Waals surface area contributed by atoms with Gasteiger partial charge in [0.25, 0.3) is 11.5 Å². The van der Waals surface area contributed by atoms with E-state index in [0.717, 1.165) is 29.8 Å².